The van der Waals surface area contributed by atoms with Gasteiger partial charge in [0.1, 0.15) is 51.1 Å². The van der Waals surface area contributed by atoms with Crippen LogP contribution in [0.2, 0.25) is 0 Å². The van der Waals surface area contributed by atoms with Crippen LogP contribution in [0.5, 0.6) is 0 Å². The van der Waals surface area contributed by atoms with Gasteiger partial charge in [-0.25, -0.2) is 0 Å². The number of ketones is 4. The third-order valence-electron chi connectivity index (χ3n) is 16.6. The molecule has 8 aromatic heterocycles. The highest BCUT2D eigenvalue weighted by Crippen LogP contribution is 2.41. The molecule has 0 spiro atoms. The average Bonchev–Trinajstić information content (AvgIpc) is 0.813. The minimum atomic E-state index is -0.867. The van der Waals surface area contributed by atoms with E-state index in [0.29, 0.717) is 83.8 Å². The van der Waals surface area contributed by atoms with E-state index >= 15 is 0 Å². The number of aliphatic hydroxyl groups excluding tert-OH is 4. The summed E-state index contributed by atoms with van der Waals surface area (Å²) in [4.78, 5) is 124. The quantitative estimate of drug-likeness (QED) is 0.0811. The lowest BCUT2D eigenvalue weighted by molar-refractivity contribution is -0.145. The zero-order chi connectivity index (χ0) is 76.9. The number of hydrogen-bond donors (Lipinski definition) is 4. The monoisotopic (exact) mass is 1760 g/mol. The van der Waals surface area contributed by atoms with Crippen molar-refractivity contribution in [2.24, 2.45) is 0 Å². The Kier molecular flexibility index (Phi) is 43.0. The summed E-state index contributed by atoms with van der Waals surface area (Å²) < 4.78 is 19.7. The number of carbonyl (C=O) groups is 8. The van der Waals surface area contributed by atoms with Crippen molar-refractivity contribution in [2.45, 2.75) is 119 Å². The summed E-state index contributed by atoms with van der Waals surface area (Å²) in [6, 6.07) is 22.2. The van der Waals surface area contributed by atoms with E-state index < -0.39 is 45.4 Å². The Balaban J connectivity index is 0.000000229. The summed E-state index contributed by atoms with van der Waals surface area (Å²) in [5.41, 5.74) is 14.1. The van der Waals surface area contributed by atoms with Gasteiger partial charge in [-0.2, -0.15) is 0 Å². The molecule has 8 aromatic rings. The molecule has 16 heterocycles. The first-order valence-electron chi connectivity index (χ1n) is 34.2. The number of aliphatic hydroxyl groups is 4. The highest BCUT2D eigenvalue weighted by atomic mass is 35.5. The van der Waals surface area contributed by atoms with Crippen LogP contribution in [0.25, 0.3) is 0 Å². The molecule has 0 radical (unpaired) electrons. The van der Waals surface area contributed by atoms with Gasteiger partial charge in [0.25, 0.3) is 0 Å². The molecule has 24 nitrogen and oxygen atoms in total. The van der Waals surface area contributed by atoms with Crippen LogP contribution in [-0.4, -0.2) is 178 Å². The molecule has 0 fully saturated rings. The van der Waals surface area contributed by atoms with E-state index in [1.54, 1.807) is 173 Å². The van der Waals surface area contributed by atoms with E-state index in [1.807, 2.05) is 48.5 Å². The normalized spacial score (nSPS) is 19.9. The highest BCUT2D eigenvalue weighted by Gasteiger charge is 2.39. The highest BCUT2D eigenvalue weighted by molar-refractivity contribution is 8.01. The van der Waals surface area contributed by atoms with Crippen molar-refractivity contribution in [3.63, 3.8) is 0 Å². The SMILES string of the molecule is CCOC(=O)C1SCc2cccnc2C1O.CCOC(=O)C1SCc2ccncc2C1O.CCOC(=O)C1SCc2cnccc2C1O.CCOC(=O)C1SCc2ncccc2C1O.Cl.Cl.Cl.Cl.O=C1CSCc2cccnc21.O=C1CSCc2ccncc21.O=C1CSCc2cnccc21.O=C1CSCc2ncccc21. The molecule has 600 valence electrons. The summed E-state index contributed by atoms with van der Waals surface area (Å²) in [6.45, 7) is 8.37. The van der Waals surface area contributed by atoms with Crippen molar-refractivity contribution in [3.8, 4) is 0 Å². The zero-order valence-electron chi connectivity index (χ0n) is 61.0. The molecule has 112 heavy (non-hydrogen) atoms. The Morgan fingerprint density at radius 3 is 1.35 bits per heavy atom. The third kappa shape index (κ3) is 26.8. The number of ether oxygens (including phenoxy) is 4. The van der Waals surface area contributed by atoms with Crippen LogP contribution in [0.15, 0.2) is 147 Å². The fourth-order valence-corrected chi connectivity index (χ4v) is 19.3. The second kappa shape index (κ2) is 50.1. The number of esters is 4. The van der Waals surface area contributed by atoms with Crippen molar-refractivity contribution in [1.29, 1.82) is 0 Å². The molecule has 4 N–H and O–H groups in total. The van der Waals surface area contributed by atoms with Gasteiger partial charge in [-0.15, -0.1) is 144 Å². The summed E-state index contributed by atoms with van der Waals surface area (Å²) in [7, 11) is 0. The van der Waals surface area contributed by atoms with Gasteiger partial charge in [0.2, 0.25) is 0 Å². The zero-order valence-corrected chi connectivity index (χ0v) is 70.8. The molecular weight excluding hydrogens is 1680 g/mol. The lowest BCUT2D eigenvalue weighted by Crippen LogP contribution is -2.31. The molecule has 0 saturated heterocycles. The predicted octanol–water partition coefficient (Wildman–Crippen LogP) is 12.9. The molecule has 0 saturated carbocycles. The summed E-state index contributed by atoms with van der Waals surface area (Å²) in [5.74, 6) is 8.22. The first-order chi connectivity index (χ1) is 52.5. The first-order valence-corrected chi connectivity index (χ1v) is 43.0. The standard InChI is InChI=1S/4C11H13NO3S.4C8H7NOS.4ClH/c1-2-15-11(14)10-9(13)8-3-4-12-5-7(8)6-16-10;1-2-15-11(14)10-9(13)8-5-12-4-3-7(8)6-16-10;1-2-15-11(14)10-9(13)7-4-3-5-12-8(7)6-16-10;1-2-15-11(14)10-9(13)8-7(6-16-10)4-3-5-12-8;10-8-5-11-4-6-3-9-2-1-7(6)8;10-8-5-11-4-6-1-2-9-3-7(6)8;10-8-5-11-4-7-6(8)2-1-3-9-7;10-7-5-11-4-6-2-1-3-9-8(6)7;;;;/h4*3-5,9-10,13H,2,6H2,1H3;4*1-3H,4-5H2;4*1H. The van der Waals surface area contributed by atoms with E-state index in [2.05, 4.69) is 39.9 Å². The van der Waals surface area contributed by atoms with Crippen molar-refractivity contribution >= 4 is 191 Å². The number of nitrogens with zero attached hydrogens (tertiary/aromatic N) is 8. The molecule has 16 rings (SSSR count). The van der Waals surface area contributed by atoms with Gasteiger partial charge in [0.05, 0.1) is 66.5 Å². The van der Waals surface area contributed by atoms with Crippen molar-refractivity contribution in [1.82, 2.24) is 39.9 Å². The number of carbonyl (C=O) groups excluding carboxylic acids is 8. The number of aromatic nitrogens is 8. The second-order valence-corrected chi connectivity index (χ2v) is 32.2. The molecule has 8 aliphatic rings. The summed E-state index contributed by atoms with van der Waals surface area (Å²) in [5, 5.41) is 38.1. The molecule has 0 bridgehead atoms. The molecule has 0 aliphatic carbocycles. The number of thioether (sulfide) groups is 8. The maximum absolute atomic E-state index is 11.6. The second-order valence-electron chi connectivity index (χ2n) is 23.7. The fourth-order valence-electron chi connectivity index (χ4n) is 11.3. The van der Waals surface area contributed by atoms with Crippen LogP contribution >= 0.6 is 144 Å². The van der Waals surface area contributed by atoms with Crippen LogP contribution in [0, 0.1) is 0 Å². The van der Waals surface area contributed by atoms with Gasteiger partial charge in [-0.1, -0.05) is 18.2 Å². The smallest absolute Gasteiger partial charge is 0.322 e. The maximum atomic E-state index is 11.6. The predicted molar refractivity (Wildman–Crippen MR) is 452 cm³/mol. The summed E-state index contributed by atoms with van der Waals surface area (Å²) in [6.07, 6.45) is 16.9. The van der Waals surface area contributed by atoms with Gasteiger partial charge in [-0.05, 0) is 121 Å². The minimum absolute atomic E-state index is 0. The number of halogens is 4. The topological polar surface area (TPSA) is 358 Å². The van der Waals surface area contributed by atoms with E-state index in [4.69, 9.17) is 18.9 Å². The maximum Gasteiger partial charge on any atom is 0.322 e. The number of Topliss-reactive ketones (excluding diaryl/α,β-unsaturated/α-hetero) is 4. The Labute approximate surface area is 707 Å². The van der Waals surface area contributed by atoms with Gasteiger partial charge in [-0.3, -0.25) is 78.2 Å². The van der Waals surface area contributed by atoms with Gasteiger partial charge in [0.15, 0.2) is 23.1 Å². The fraction of sp³-hybridized carbons (Fsp3) is 0.368. The molecule has 0 amide bonds. The molecule has 36 heteroatoms. The van der Waals surface area contributed by atoms with Crippen molar-refractivity contribution < 1.29 is 77.7 Å². The Morgan fingerprint density at radius 1 is 0.339 bits per heavy atom. The number of fused-ring (bicyclic) bond motifs is 8. The lowest BCUT2D eigenvalue weighted by Gasteiger charge is -2.27. The first kappa shape index (κ1) is 96.1. The molecule has 8 unspecified atom stereocenters. The van der Waals surface area contributed by atoms with E-state index in [9.17, 15) is 58.8 Å². The number of hydrogen-bond acceptors (Lipinski definition) is 32. The van der Waals surface area contributed by atoms with E-state index in [0.717, 1.165) is 101 Å². The van der Waals surface area contributed by atoms with Crippen LogP contribution in [0.4, 0.5) is 0 Å². The van der Waals surface area contributed by atoms with Crippen LogP contribution < -0.4 is 0 Å². The minimum Gasteiger partial charge on any atom is -0.465 e. The molecule has 8 aliphatic heterocycles. The van der Waals surface area contributed by atoms with Gasteiger partial charge < -0.3 is 39.4 Å². The Hall–Kier alpha value is -6.44. The van der Waals surface area contributed by atoms with Crippen LogP contribution in [-0.2, 0) is 84.1 Å². The van der Waals surface area contributed by atoms with Crippen molar-refractivity contribution in [3.05, 3.63) is 237 Å². The third-order valence-corrected chi connectivity index (χ3v) is 25.6. The van der Waals surface area contributed by atoms with E-state index in [1.165, 1.54) is 47.0 Å². The average molecular weight is 1760 g/mol. The van der Waals surface area contributed by atoms with Crippen molar-refractivity contribution in [2.75, 3.05) is 49.4 Å². The summed E-state index contributed by atoms with van der Waals surface area (Å²) >= 11 is 12.2. The Morgan fingerprint density at radius 2 is 0.759 bits per heavy atom. The number of pyridine rings is 8. The largest absolute Gasteiger partial charge is 0.465 e. The number of rotatable bonds is 8. The lowest BCUT2D eigenvalue weighted by atomic mass is 10.0. The van der Waals surface area contributed by atoms with Crippen LogP contribution in [0.1, 0.15) is 161 Å². The van der Waals surface area contributed by atoms with Gasteiger partial charge >= 0.3 is 23.9 Å². The van der Waals surface area contributed by atoms with Crippen LogP contribution in [0.3, 0.4) is 0 Å². The Bertz CT molecular complexity index is 3900. The molecular formula is C76H84Cl4N8O16S8. The van der Waals surface area contributed by atoms with E-state index in [-0.39, 0.29) is 96.6 Å². The molecule has 0 aromatic carbocycles. The molecule has 8 atom stereocenters. The van der Waals surface area contributed by atoms with Gasteiger partial charge in [0, 0.05) is 148 Å².